The van der Waals surface area contributed by atoms with Crippen LogP contribution < -0.4 is 0 Å². The Bertz CT molecular complexity index is 149. The van der Waals surface area contributed by atoms with Crippen LogP contribution in [-0.2, 0) is 0 Å². The Labute approximate surface area is 64.6 Å². The first kappa shape index (κ1) is 9.48. The molecule has 0 nitrogen and oxygen atoms in total. The lowest BCUT2D eigenvalue weighted by Crippen LogP contribution is -1.83. The van der Waals surface area contributed by atoms with Crippen molar-refractivity contribution in [2.24, 2.45) is 0 Å². The van der Waals surface area contributed by atoms with Gasteiger partial charge in [0.1, 0.15) is 0 Å². The van der Waals surface area contributed by atoms with Crippen molar-refractivity contribution in [2.75, 3.05) is 0 Å². The van der Waals surface area contributed by atoms with Gasteiger partial charge in [0.05, 0.1) is 0 Å². The van der Waals surface area contributed by atoms with Crippen LogP contribution in [0.2, 0.25) is 0 Å². The first-order chi connectivity index (χ1) is 4.57. The molecule has 0 amide bonds. The molecule has 0 aromatic rings. The lowest BCUT2D eigenvalue weighted by molar-refractivity contribution is 0.997. The van der Waals surface area contributed by atoms with Crippen molar-refractivity contribution in [1.82, 2.24) is 0 Å². The van der Waals surface area contributed by atoms with Crippen LogP contribution in [0, 0.1) is 0 Å². The molecule has 0 atom stereocenters. The van der Waals surface area contributed by atoms with E-state index in [0.717, 1.165) is 6.42 Å². The fourth-order valence-electron chi connectivity index (χ4n) is 0.905. The summed E-state index contributed by atoms with van der Waals surface area (Å²) in [4.78, 5) is 0. The molecular formula is C10H18. The van der Waals surface area contributed by atoms with Crippen LogP contribution in [0.1, 0.15) is 40.5 Å². The highest BCUT2D eigenvalue weighted by Crippen LogP contribution is 2.14. The van der Waals surface area contributed by atoms with Crippen molar-refractivity contribution < 1.29 is 0 Å². The van der Waals surface area contributed by atoms with Crippen LogP contribution >= 0.6 is 0 Å². The zero-order valence-electron chi connectivity index (χ0n) is 7.62. The molecule has 0 aliphatic carbocycles. The molecule has 0 saturated heterocycles. The van der Waals surface area contributed by atoms with Gasteiger partial charge in [-0.3, -0.25) is 0 Å². The Morgan fingerprint density at radius 2 is 1.60 bits per heavy atom. The maximum atomic E-state index is 3.88. The van der Waals surface area contributed by atoms with Crippen molar-refractivity contribution in [3.05, 3.63) is 23.3 Å². The predicted molar refractivity (Wildman–Crippen MR) is 48.1 cm³/mol. The fourth-order valence-corrected chi connectivity index (χ4v) is 0.905. The minimum absolute atomic E-state index is 1.07. The molecule has 0 aromatic carbocycles. The van der Waals surface area contributed by atoms with Gasteiger partial charge in [0, 0.05) is 0 Å². The molecule has 10 heavy (non-hydrogen) atoms. The predicted octanol–water partition coefficient (Wildman–Crippen LogP) is 3.70. The van der Waals surface area contributed by atoms with Gasteiger partial charge in [-0.05, 0) is 33.6 Å². The van der Waals surface area contributed by atoms with Crippen molar-refractivity contribution in [3.63, 3.8) is 0 Å². The zero-order chi connectivity index (χ0) is 8.15. The molecule has 0 radical (unpaired) electrons. The average Bonchev–Trinajstić information content (AvgIpc) is 1.85. The summed E-state index contributed by atoms with van der Waals surface area (Å²) in [6.45, 7) is 12.5. The van der Waals surface area contributed by atoms with Crippen LogP contribution in [0.4, 0.5) is 0 Å². The minimum Gasteiger partial charge on any atom is -0.0998 e. The Balaban J connectivity index is 4.04. The number of rotatable bonds is 3. The van der Waals surface area contributed by atoms with E-state index in [2.05, 4.69) is 34.3 Å². The van der Waals surface area contributed by atoms with E-state index in [1.165, 1.54) is 23.1 Å². The third kappa shape index (κ3) is 3.49. The summed E-state index contributed by atoms with van der Waals surface area (Å²) in [5.74, 6) is 0. The second kappa shape index (κ2) is 4.32. The normalized spacial score (nSPS) is 12.8. The summed E-state index contributed by atoms with van der Waals surface area (Å²) in [6, 6.07) is 0. The summed E-state index contributed by atoms with van der Waals surface area (Å²) < 4.78 is 0. The fraction of sp³-hybridized carbons (Fsp3) is 0.600. The Hall–Kier alpha value is -0.520. The molecular weight excluding hydrogens is 120 g/mol. The Morgan fingerprint density at radius 1 is 1.10 bits per heavy atom. The van der Waals surface area contributed by atoms with Gasteiger partial charge in [-0.2, -0.15) is 0 Å². The zero-order valence-corrected chi connectivity index (χ0v) is 7.62. The van der Waals surface area contributed by atoms with E-state index in [9.17, 15) is 0 Å². The van der Waals surface area contributed by atoms with Crippen LogP contribution in [0.25, 0.3) is 0 Å². The summed E-state index contributed by atoms with van der Waals surface area (Å²) in [5.41, 5.74) is 4.24. The smallest absolute Gasteiger partial charge is 0.0114 e. The van der Waals surface area contributed by atoms with E-state index < -0.39 is 0 Å². The molecule has 0 saturated carbocycles. The van der Waals surface area contributed by atoms with E-state index in [4.69, 9.17) is 0 Å². The molecule has 0 bridgehead atoms. The van der Waals surface area contributed by atoms with Gasteiger partial charge in [-0.25, -0.2) is 0 Å². The van der Waals surface area contributed by atoms with Crippen molar-refractivity contribution in [2.45, 2.75) is 40.5 Å². The van der Waals surface area contributed by atoms with E-state index in [1.54, 1.807) is 0 Å². The largest absolute Gasteiger partial charge is 0.0998 e. The highest BCUT2D eigenvalue weighted by atomic mass is 14.0. The Morgan fingerprint density at radius 3 is 1.90 bits per heavy atom. The van der Waals surface area contributed by atoms with Gasteiger partial charge in [0.15, 0.2) is 0 Å². The van der Waals surface area contributed by atoms with Crippen molar-refractivity contribution in [3.8, 4) is 0 Å². The van der Waals surface area contributed by atoms with Gasteiger partial charge in [0.25, 0.3) is 0 Å². The molecule has 0 heterocycles. The van der Waals surface area contributed by atoms with Crippen LogP contribution in [-0.4, -0.2) is 0 Å². The number of hydrogen-bond acceptors (Lipinski definition) is 0. The second-order valence-corrected chi connectivity index (χ2v) is 3.05. The highest BCUT2D eigenvalue weighted by Gasteiger charge is 1.93. The molecule has 0 rings (SSSR count). The van der Waals surface area contributed by atoms with E-state index in [-0.39, 0.29) is 0 Å². The molecule has 0 aliphatic heterocycles. The lowest BCUT2D eigenvalue weighted by Gasteiger charge is -2.04. The lowest BCUT2D eigenvalue weighted by atomic mass is 10.0. The SMILES string of the molecule is C=C(C)C/C(C)=C(/C)CC. The second-order valence-electron chi connectivity index (χ2n) is 3.05. The molecule has 0 aromatic heterocycles. The van der Waals surface area contributed by atoms with Gasteiger partial charge >= 0.3 is 0 Å². The van der Waals surface area contributed by atoms with Crippen molar-refractivity contribution in [1.29, 1.82) is 0 Å². The summed E-state index contributed by atoms with van der Waals surface area (Å²) in [7, 11) is 0. The van der Waals surface area contributed by atoms with Crippen LogP contribution in [0.15, 0.2) is 23.3 Å². The summed E-state index contributed by atoms with van der Waals surface area (Å²) in [5, 5.41) is 0. The first-order valence-electron chi connectivity index (χ1n) is 3.87. The maximum Gasteiger partial charge on any atom is -0.0114 e. The van der Waals surface area contributed by atoms with Gasteiger partial charge in [-0.1, -0.05) is 30.2 Å². The van der Waals surface area contributed by atoms with Gasteiger partial charge in [0.2, 0.25) is 0 Å². The van der Waals surface area contributed by atoms with Crippen LogP contribution in [0.5, 0.6) is 0 Å². The molecule has 58 valence electrons. The Kier molecular flexibility index (Phi) is 4.10. The molecule has 0 spiro atoms. The number of hydrogen-bond donors (Lipinski definition) is 0. The number of allylic oxidation sites excluding steroid dienone is 3. The third-order valence-electron chi connectivity index (χ3n) is 1.83. The maximum absolute atomic E-state index is 3.88. The third-order valence-corrected chi connectivity index (χ3v) is 1.83. The van der Waals surface area contributed by atoms with Crippen LogP contribution in [0.3, 0.4) is 0 Å². The molecule has 0 heteroatoms. The summed E-state index contributed by atoms with van der Waals surface area (Å²) in [6.07, 6.45) is 2.23. The van der Waals surface area contributed by atoms with E-state index in [0.29, 0.717) is 0 Å². The standard InChI is InChI=1S/C10H18/c1-6-9(4)10(5)7-8(2)3/h2,6-7H2,1,3-5H3/b10-9-. The topological polar surface area (TPSA) is 0 Å². The molecule has 0 N–H and O–H groups in total. The average molecular weight is 138 g/mol. The van der Waals surface area contributed by atoms with Crippen molar-refractivity contribution >= 4 is 0 Å². The van der Waals surface area contributed by atoms with Gasteiger partial charge < -0.3 is 0 Å². The first-order valence-corrected chi connectivity index (χ1v) is 3.87. The van der Waals surface area contributed by atoms with E-state index in [1.807, 2.05) is 0 Å². The minimum atomic E-state index is 1.07. The highest BCUT2D eigenvalue weighted by molar-refractivity contribution is 5.15. The monoisotopic (exact) mass is 138 g/mol. The molecule has 0 aliphatic rings. The molecule has 0 fully saturated rings. The molecule has 0 unspecified atom stereocenters. The summed E-state index contributed by atoms with van der Waals surface area (Å²) >= 11 is 0. The van der Waals surface area contributed by atoms with Gasteiger partial charge in [-0.15, -0.1) is 0 Å². The quantitative estimate of drug-likeness (QED) is 0.522. The van der Waals surface area contributed by atoms with E-state index >= 15 is 0 Å².